The van der Waals surface area contributed by atoms with Gasteiger partial charge in [-0.25, -0.2) is 0 Å². The van der Waals surface area contributed by atoms with Crippen LogP contribution in [0.4, 0.5) is 0 Å². The van der Waals surface area contributed by atoms with Crippen LogP contribution in [0.2, 0.25) is 0 Å². The second-order valence-corrected chi connectivity index (χ2v) is 7.99. The number of phenolic OH excluding ortho intramolecular Hbond substituents is 1. The van der Waals surface area contributed by atoms with Gasteiger partial charge < -0.3 is 10.2 Å². The van der Waals surface area contributed by atoms with Gasteiger partial charge in [0.1, 0.15) is 5.75 Å². The Kier molecular flexibility index (Phi) is 3.63. The van der Waals surface area contributed by atoms with Crippen LogP contribution in [0, 0.1) is 28.6 Å². The van der Waals surface area contributed by atoms with Crippen LogP contribution in [0.25, 0.3) is 0 Å². The van der Waals surface area contributed by atoms with Crippen LogP contribution in [-0.4, -0.2) is 16.3 Å². The minimum Gasteiger partial charge on any atom is -0.507 e. The third-order valence-electron chi connectivity index (χ3n) is 7.01. The highest BCUT2D eigenvalue weighted by atomic mass is 35.5. The van der Waals surface area contributed by atoms with Crippen molar-refractivity contribution < 1.29 is 10.2 Å². The molecule has 122 valence electrons. The molecular weight excluding hydrogens is 308 g/mol. The lowest BCUT2D eigenvalue weighted by Crippen LogP contribution is -2.44. The van der Waals surface area contributed by atoms with Gasteiger partial charge >= 0.3 is 0 Å². The molecule has 0 radical (unpaired) electrons. The fourth-order valence-corrected chi connectivity index (χ4v) is 5.91. The number of hydrogen-bond donors (Lipinski definition) is 2. The fraction of sp³-hybridized carbons (Fsp3) is 0.600. The van der Waals surface area contributed by atoms with Crippen LogP contribution in [0.5, 0.6) is 5.75 Å². The Balaban J connectivity index is 1.75. The Hall–Kier alpha value is -1.17. The van der Waals surface area contributed by atoms with Crippen LogP contribution < -0.4 is 0 Å². The highest BCUT2D eigenvalue weighted by Gasteiger charge is 2.54. The zero-order valence-corrected chi connectivity index (χ0v) is 14.2. The molecule has 0 amide bonds. The molecule has 0 heterocycles. The van der Waals surface area contributed by atoms with E-state index in [0.717, 1.165) is 44.1 Å². The van der Waals surface area contributed by atoms with Crippen molar-refractivity contribution in [2.24, 2.45) is 17.3 Å². The monoisotopic (exact) mass is 330 g/mol. The molecule has 2 N–H and O–H groups in total. The van der Waals surface area contributed by atoms with Crippen LogP contribution >= 0.6 is 11.6 Å². The first-order chi connectivity index (χ1) is 11.1. The largest absolute Gasteiger partial charge is 0.507 e. The summed E-state index contributed by atoms with van der Waals surface area (Å²) in [6.07, 6.45) is 6.28. The molecule has 0 aliphatic heterocycles. The Morgan fingerprint density at radius 2 is 2.04 bits per heavy atom. The van der Waals surface area contributed by atoms with E-state index in [1.165, 1.54) is 11.1 Å². The minimum atomic E-state index is -0.132. The molecule has 0 bridgehead atoms. The van der Waals surface area contributed by atoms with Crippen molar-refractivity contribution in [1.82, 2.24) is 0 Å². The molecule has 0 aromatic heterocycles. The summed E-state index contributed by atoms with van der Waals surface area (Å²) >= 11 is 5.60. The maximum atomic E-state index is 10.5. The second-order valence-electron chi connectivity index (χ2n) is 7.80. The topological polar surface area (TPSA) is 40.5 Å². The first kappa shape index (κ1) is 15.4. The number of halogens is 1. The van der Waals surface area contributed by atoms with E-state index in [1.54, 1.807) is 6.07 Å². The van der Waals surface area contributed by atoms with E-state index in [1.807, 2.05) is 0 Å². The lowest BCUT2D eigenvalue weighted by atomic mass is 9.55. The van der Waals surface area contributed by atoms with Crippen molar-refractivity contribution >= 4 is 11.6 Å². The second kappa shape index (κ2) is 5.43. The predicted molar refractivity (Wildman–Crippen MR) is 91.5 cm³/mol. The predicted octanol–water partition coefficient (Wildman–Crippen LogP) is 4.16. The maximum absolute atomic E-state index is 10.5. The summed E-state index contributed by atoms with van der Waals surface area (Å²) in [4.78, 5) is 0. The summed E-state index contributed by atoms with van der Waals surface area (Å²) in [7, 11) is 0. The number of aromatic hydroxyl groups is 1. The fourth-order valence-electron chi connectivity index (χ4n) is 5.81. The van der Waals surface area contributed by atoms with Gasteiger partial charge in [0.05, 0.1) is 11.7 Å². The van der Waals surface area contributed by atoms with Gasteiger partial charge in [-0.2, -0.15) is 0 Å². The normalized spacial score (nSPS) is 38.0. The zero-order chi connectivity index (χ0) is 16.2. The molecule has 0 unspecified atom stereocenters. The highest BCUT2D eigenvalue weighted by molar-refractivity contribution is 6.30. The molecule has 1 aromatic rings. The van der Waals surface area contributed by atoms with Crippen LogP contribution in [0.3, 0.4) is 0 Å². The van der Waals surface area contributed by atoms with E-state index in [4.69, 9.17) is 11.6 Å². The van der Waals surface area contributed by atoms with Crippen LogP contribution in [-0.2, 0) is 6.42 Å². The summed E-state index contributed by atoms with van der Waals surface area (Å²) in [6, 6.07) is 3.87. The Labute approximate surface area is 142 Å². The van der Waals surface area contributed by atoms with Gasteiger partial charge in [-0.1, -0.05) is 13.0 Å². The average Bonchev–Trinajstić information content (AvgIpc) is 2.85. The van der Waals surface area contributed by atoms with E-state index in [-0.39, 0.29) is 17.3 Å². The van der Waals surface area contributed by atoms with Gasteiger partial charge in [0.25, 0.3) is 0 Å². The lowest BCUT2D eigenvalue weighted by molar-refractivity contribution is -0.0226. The van der Waals surface area contributed by atoms with Crippen molar-refractivity contribution in [3.8, 4) is 17.0 Å². The first-order valence-electron chi connectivity index (χ1n) is 8.70. The number of fused-ring (bicyclic) bond motifs is 5. The molecule has 5 atom stereocenters. The summed E-state index contributed by atoms with van der Waals surface area (Å²) < 4.78 is 0. The van der Waals surface area contributed by atoms with Crippen molar-refractivity contribution in [1.29, 1.82) is 0 Å². The van der Waals surface area contributed by atoms with Gasteiger partial charge in [0.2, 0.25) is 0 Å². The van der Waals surface area contributed by atoms with Gasteiger partial charge in [-0.15, -0.1) is 0 Å². The SMILES string of the molecule is C[C@]12CC[C@@H]3c4ccc(O)c(C#CCl)c4CC[C@H]3[C@@H]1CC[C@@H]2O. The van der Waals surface area contributed by atoms with E-state index in [9.17, 15) is 10.2 Å². The molecule has 4 rings (SSSR count). The van der Waals surface area contributed by atoms with Crippen molar-refractivity contribution in [2.45, 2.75) is 57.5 Å². The average molecular weight is 331 g/mol. The minimum absolute atomic E-state index is 0.106. The molecule has 2 nitrogen and oxygen atoms in total. The summed E-state index contributed by atoms with van der Waals surface area (Å²) in [5.74, 6) is 4.95. The molecule has 3 aliphatic carbocycles. The van der Waals surface area contributed by atoms with E-state index in [2.05, 4.69) is 24.3 Å². The number of phenols is 1. The highest BCUT2D eigenvalue weighted by Crippen LogP contribution is 2.61. The van der Waals surface area contributed by atoms with Gasteiger partial charge in [0.15, 0.2) is 0 Å². The smallest absolute Gasteiger partial charge is 0.131 e. The molecule has 2 saturated carbocycles. The molecule has 1 aromatic carbocycles. The van der Waals surface area contributed by atoms with E-state index < -0.39 is 0 Å². The number of benzene rings is 1. The molecule has 3 heteroatoms. The molecule has 3 aliphatic rings. The molecule has 0 saturated heterocycles. The molecule has 0 spiro atoms. The standard InChI is InChI=1S/C20H23ClO2/c1-20-10-8-14-12-4-6-18(22)16(9-11-21)13(12)2-3-15(14)17(20)5-7-19(20)23/h4,6,14-15,17,19,22-23H,2-3,5,7-8,10H2,1H3/t14-,15-,17+,19+,20+/m1/s1. The summed E-state index contributed by atoms with van der Waals surface area (Å²) in [5, 5.41) is 23.0. The van der Waals surface area contributed by atoms with Crippen LogP contribution in [0.15, 0.2) is 12.1 Å². The number of aliphatic hydroxyl groups excluding tert-OH is 1. The van der Waals surface area contributed by atoms with Gasteiger partial charge in [0, 0.05) is 5.38 Å². The first-order valence-corrected chi connectivity index (χ1v) is 9.08. The van der Waals surface area contributed by atoms with E-state index in [0.29, 0.717) is 17.8 Å². The Morgan fingerprint density at radius 3 is 2.83 bits per heavy atom. The Morgan fingerprint density at radius 1 is 1.22 bits per heavy atom. The lowest BCUT2D eigenvalue weighted by Gasteiger charge is -2.50. The number of rotatable bonds is 0. The maximum Gasteiger partial charge on any atom is 0.131 e. The number of aliphatic hydroxyl groups is 1. The van der Waals surface area contributed by atoms with E-state index >= 15 is 0 Å². The molecule has 2 fully saturated rings. The van der Waals surface area contributed by atoms with Crippen molar-refractivity contribution in [3.63, 3.8) is 0 Å². The summed E-state index contributed by atoms with van der Waals surface area (Å²) in [5.41, 5.74) is 3.38. The molecule has 23 heavy (non-hydrogen) atoms. The van der Waals surface area contributed by atoms with Gasteiger partial charge in [-0.3, -0.25) is 0 Å². The molecular formula is C20H23ClO2. The number of hydrogen-bond acceptors (Lipinski definition) is 2. The quantitative estimate of drug-likeness (QED) is 0.701. The zero-order valence-electron chi connectivity index (χ0n) is 13.5. The van der Waals surface area contributed by atoms with Crippen molar-refractivity contribution in [2.75, 3.05) is 0 Å². The van der Waals surface area contributed by atoms with Crippen molar-refractivity contribution in [3.05, 3.63) is 28.8 Å². The summed E-state index contributed by atoms with van der Waals surface area (Å²) in [6.45, 7) is 2.29. The third kappa shape index (κ3) is 2.13. The Bertz CT molecular complexity index is 702. The van der Waals surface area contributed by atoms with Crippen LogP contribution in [0.1, 0.15) is 61.6 Å². The van der Waals surface area contributed by atoms with Gasteiger partial charge in [-0.05, 0) is 96.4 Å². The third-order valence-corrected chi connectivity index (χ3v) is 7.11.